The molecule has 37 heavy (non-hydrogen) atoms. The monoisotopic (exact) mass is 514 g/mol. The Hall–Kier alpha value is -4.04. The number of carbonyl (C=O) groups is 3. The lowest BCUT2D eigenvalue weighted by molar-refractivity contribution is -0.167. The molecule has 1 N–H and O–H groups in total. The van der Waals surface area contributed by atoms with Gasteiger partial charge in [0.25, 0.3) is 0 Å². The molecule has 0 aliphatic carbocycles. The second-order valence-electron chi connectivity index (χ2n) is 8.74. The van der Waals surface area contributed by atoms with Gasteiger partial charge in [0, 0.05) is 5.41 Å². The number of ether oxygens (including phenoxy) is 2. The highest BCUT2D eigenvalue weighted by Gasteiger charge is 2.57. The summed E-state index contributed by atoms with van der Waals surface area (Å²) in [4.78, 5) is 40.8. The van der Waals surface area contributed by atoms with Gasteiger partial charge in [0.15, 0.2) is 12.1 Å². The molecule has 0 spiro atoms. The number of rotatable bonds is 8. The van der Waals surface area contributed by atoms with Gasteiger partial charge >= 0.3 is 5.97 Å². The van der Waals surface area contributed by atoms with Gasteiger partial charge in [0.1, 0.15) is 17.2 Å². The van der Waals surface area contributed by atoms with Crippen LogP contribution in [0.4, 0.5) is 0 Å². The van der Waals surface area contributed by atoms with Crippen LogP contribution in [-0.4, -0.2) is 47.3 Å². The predicted molar refractivity (Wildman–Crippen MR) is 140 cm³/mol. The molecule has 8 heteroatoms. The number of benzene rings is 3. The molecule has 3 atom stereocenters. The number of hydrogen-bond acceptors (Lipinski definition) is 6. The SMILES string of the molecule is COC1=CS[C@H]2[C@H](NC(=O)Cc3ccccc3)C(=O)N2[C@H]1C(=O)OC(c1ccccc1)c1ccccc1. The number of β-lactam (4-membered cyclic amide) rings is 1. The number of thioether (sulfide) groups is 1. The average molecular weight is 515 g/mol. The number of fused-ring (bicyclic) bond motifs is 1. The molecule has 0 aromatic heterocycles. The zero-order chi connectivity index (χ0) is 25.8. The predicted octanol–water partition coefficient (Wildman–Crippen LogP) is 3.82. The highest BCUT2D eigenvalue weighted by Crippen LogP contribution is 2.41. The van der Waals surface area contributed by atoms with Crippen LogP contribution in [0.25, 0.3) is 0 Å². The van der Waals surface area contributed by atoms with E-state index in [0.717, 1.165) is 16.7 Å². The van der Waals surface area contributed by atoms with Gasteiger partial charge in [-0.2, -0.15) is 0 Å². The van der Waals surface area contributed by atoms with Crippen molar-refractivity contribution in [2.75, 3.05) is 7.11 Å². The standard InChI is InChI=1S/C29H26N2O5S/c1-35-22-18-37-28-24(30-23(32)17-19-11-5-2-6-12-19)27(33)31(28)25(22)29(34)36-26(20-13-7-3-8-14-20)21-15-9-4-10-16-21/h2-16,18,24-26,28H,17H2,1H3,(H,30,32)/t24-,25-,28+/m1/s1. The molecule has 3 aromatic carbocycles. The Labute approximate surface area is 219 Å². The maximum absolute atomic E-state index is 13.6. The summed E-state index contributed by atoms with van der Waals surface area (Å²) in [6.07, 6.45) is -0.485. The topological polar surface area (TPSA) is 84.9 Å². The molecule has 2 aliphatic rings. The van der Waals surface area contributed by atoms with Gasteiger partial charge < -0.3 is 19.7 Å². The fourth-order valence-electron chi connectivity index (χ4n) is 4.54. The van der Waals surface area contributed by atoms with Crippen LogP contribution in [0.5, 0.6) is 0 Å². The minimum atomic E-state index is -1.04. The maximum atomic E-state index is 13.6. The van der Waals surface area contributed by atoms with Gasteiger partial charge in [-0.25, -0.2) is 4.79 Å². The van der Waals surface area contributed by atoms with E-state index in [2.05, 4.69) is 5.32 Å². The van der Waals surface area contributed by atoms with E-state index < -0.39 is 29.5 Å². The number of carbonyl (C=O) groups excluding carboxylic acids is 3. The summed E-state index contributed by atoms with van der Waals surface area (Å²) in [7, 11) is 1.46. The van der Waals surface area contributed by atoms with Crippen molar-refractivity contribution < 1.29 is 23.9 Å². The van der Waals surface area contributed by atoms with Crippen molar-refractivity contribution in [2.45, 2.75) is 30.0 Å². The fourth-order valence-corrected chi connectivity index (χ4v) is 5.73. The molecule has 7 nitrogen and oxygen atoms in total. The van der Waals surface area contributed by atoms with Gasteiger partial charge in [-0.05, 0) is 16.7 Å². The van der Waals surface area contributed by atoms with Crippen LogP contribution in [0.3, 0.4) is 0 Å². The molecular weight excluding hydrogens is 488 g/mol. The van der Waals surface area contributed by atoms with Gasteiger partial charge in [0.2, 0.25) is 11.8 Å². The van der Waals surface area contributed by atoms with E-state index in [4.69, 9.17) is 9.47 Å². The molecule has 3 aromatic rings. The first-order valence-electron chi connectivity index (χ1n) is 11.9. The Kier molecular flexibility index (Phi) is 7.28. The van der Waals surface area contributed by atoms with E-state index in [1.54, 1.807) is 5.41 Å². The van der Waals surface area contributed by atoms with Crippen LogP contribution >= 0.6 is 11.8 Å². The maximum Gasteiger partial charge on any atom is 0.337 e. The Balaban J connectivity index is 1.34. The van der Waals surface area contributed by atoms with Crippen molar-refractivity contribution in [3.63, 3.8) is 0 Å². The lowest BCUT2D eigenvalue weighted by Crippen LogP contribution is -2.74. The number of amides is 2. The molecule has 5 rings (SSSR count). The normalized spacial score (nSPS) is 20.4. The lowest BCUT2D eigenvalue weighted by atomic mass is 9.99. The van der Waals surface area contributed by atoms with Crippen LogP contribution in [0.15, 0.2) is 102 Å². The summed E-state index contributed by atoms with van der Waals surface area (Å²) in [5.41, 5.74) is 2.48. The van der Waals surface area contributed by atoms with E-state index in [1.807, 2.05) is 91.0 Å². The number of nitrogens with one attached hydrogen (secondary N) is 1. The number of hydrogen-bond donors (Lipinski definition) is 1. The molecule has 2 heterocycles. The molecular formula is C29H26N2O5S. The number of methoxy groups -OCH3 is 1. The third kappa shape index (κ3) is 5.11. The summed E-state index contributed by atoms with van der Waals surface area (Å²) in [5, 5.41) is 4.11. The van der Waals surface area contributed by atoms with Gasteiger partial charge in [0.05, 0.1) is 13.5 Å². The Bertz CT molecular complexity index is 1260. The highest BCUT2D eigenvalue weighted by molar-refractivity contribution is 8.02. The Morgan fingerprint density at radius 3 is 2.05 bits per heavy atom. The molecule has 0 bridgehead atoms. The van der Waals surface area contributed by atoms with Crippen molar-refractivity contribution in [3.05, 3.63) is 119 Å². The molecule has 188 valence electrons. The summed E-state index contributed by atoms with van der Waals surface area (Å²) < 4.78 is 11.5. The molecule has 2 amide bonds. The smallest absolute Gasteiger partial charge is 0.337 e. The van der Waals surface area contributed by atoms with Crippen LogP contribution in [-0.2, 0) is 30.3 Å². The Morgan fingerprint density at radius 1 is 0.919 bits per heavy atom. The molecule has 0 radical (unpaired) electrons. The van der Waals surface area contributed by atoms with Crippen LogP contribution < -0.4 is 5.32 Å². The second kappa shape index (κ2) is 10.9. The zero-order valence-corrected chi connectivity index (χ0v) is 21.0. The molecule has 2 aliphatic heterocycles. The van der Waals surface area contributed by atoms with E-state index in [-0.39, 0.29) is 18.2 Å². The number of nitrogens with zero attached hydrogens (tertiary/aromatic N) is 1. The van der Waals surface area contributed by atoms with Crippen molar-refractivity contribution in [1.29, 1.82) is 0 Å². The minimum absolute atomic E-state index is 0.169. The summed E-state index contributed by atoms with van der Waals surface area (Å²) >= 11 is 1.33. The zero-order valence-electron chi connectivity index (χ0n) is 20.2. The van der Waals surface area contributed by atoms with Crippen molar-refractivity contribution in [3.8, 4) is 0 Å². The van der Waals surface area contributed by atoms with Crippen LogP contribution in [0.2, 0.25) is 0 Å². The fraction of sp³-hybridized carbons (Fsp3) is 0.207. The van der Waals surface area contributed by atoms with Crippen molar-refractivity contribution in [1.82, 2.24) is 10.2 Å². The van der Waals surface area contributed by atoms with Gasteiger partial charge in [-0.15, -0.1) is 11.8 Å². The Morgan fingerprint density at radius 2 is 1.49 bits per heavy atom. The minimum Gasteiger partial charge on any atom is -0.498 e. The lowest BCUT2D eigenvalue weighted by Gasteiger charge is -2.51. The van der Waals surface area contributed by atoms with E-state index in [0.29, 0.717) is 5.76 Å². The van der Waals surface area contributed by atoms with Gasteiger partial charge in [-0.1, -0.05) is 91.0 Å². The summed E-state index contributed by atoms with van der Waals surface area (Å²) in [5.74, 6) is -0.870. The van der Waals surface area contributed by atoms with E-state index in [9.17, 15) is 14.4 Å². The van der Waals surface area contributed by atoms with Crippen LogP contribution in [0, 0.1) is 0 Å². The van der Waals surface area contributed by atoms with E-state index in [1.165, 1.54) is 23.8 Å². The largest absolute Gasteiger partial charge is 0.498 e. The first-order valence-corrected chi connectivity index (χ1v) is 12.9. The summed E-state index contributed by atoms with van der Waals surface area (Å²) in [6.45, 7) is 0. The third-order valence-electron chi connectivity index (χ3n) is 6.37. The second-order valence-corrected chi connectivity index (χ2v) is 9.74. The molecule has 0 unspecified atom stereocenters. The first-order chi connectivity index (χ1) is 18.1. The van der Waals surface area contributed by atoms with E-state index >= 15 is 0 Å². The van der Waals surface area contributed by atoms with Gasteiger partial charge in [-0.3, -0.25) is 9.59 Å². The summed E-state index contributed by atoms with van der Waals surface area (Å²) in [6, 6.07) is 26.5. The molecule has 1 saturated heterocycles. The van der Waals surface area contributed by atoms with Crippen molar-refractivity contribution in [2.24, 2.45) is 0 Å². The first kappa shape index (κ1) is 24.6. The molecule has 0 saturated carbocycles. The molecule has 1 fully saturated rings. The van der Waals surface area contributed by atoms with Crippen LogP contribution in [0.1, 0.15) is 22.8 Å². The van der Waals surface area contributed by atoms with Crippen molar-refractivity contribution >= 4 is 29.5 Å². The quantitative estimate of drug-likeness (QED) is 0.364. The number of esters is 1. The average Bonchev–Trinajstić information content (AvgIpc) is 2.95. The third-order valence-corrected chi connectivity index (χ3v) is 7.52. The highest BCUT2D eigenvalue weighted by atomic mass is 32.2.